The van der Waals surface area contributed by atoms with Crippen LogP contribution in [-0.2, 0) is 11.3 Å². The summed E-state index contributed by atoms with van der Waals surface area (Å²) in [4.78, 5) is 0. The monoisotopic (exact) mass is 269 g/mol. The average Bonchev–Trinajstić information content (AvgIpc) is 2.40. The fourth-order valence-corrected chi connectivity index (χ4v) is 2.41. The van der Waals surface area contributed by atoms with Crippen molar-refractivity contribution in [3.8, 4) is 5.75 Å². The van der Waals surface area contributed by atoms with Crippen molar-refractivity contribution in [2.24, 2.45) is 5.92 Å². The van der Waals surface area contributed by atoms with E-state index < -0.39 is 0 Å². The molecule has 1 aromatic rings. The van der Waals surface area contributed by atoms with Crippen molar-refractivity contribution < 1.29 is 9.47 Å². The van der Waals surface area contributed by atoms with Crippen LogP contribution >= 0.6 is 11.6 Å². The molecule has 1 heterocycles. The second-order valence-corrected chi connectivity index (χ2v) is 5.03. The van der Waals surface area contributed by atoms with Gasteiger partial charge in [-0.15, -0.1) is 0 Å². The molecule has 3 nitrogen and oxygen atoms in total. The lowest BCUT2D eigenvalue weighted by atomic mass is 10.0. The molecule has 1 aromatic carbocycles. The highest BCUT2D eigenvalue weighted by Crippen LogP contribution is 2.29. The summed E-state index contributed by atoms with van der Waals surface area (Å²) in [6.07, 6.45) is 2.15. The second-order valence-electron chi connectivity index (χ2n) is 4.63. The number of rotatable bonds is 5. The predicted molar refractivity (Wildman–Crippen MR) is 73.3 cm³/mol. The van der Waals surface area contributed by atoms with Crippen molar-refractivity contribution in [2.75, 3.05) is 26.9 Å². The molecule has 0 unspecified atom stereocenters. The average molecular weight is 270 g/mol. The third kappa shape index (κ3) is 3.61. The molecule has 18 heavy (non-hydrogen) atoms. The fourth-order valence-electron chi connectivity index (χ4n) is 2.16. The van der Waals surface area contributed by atoms with E-state index in [1.54, 1.807) is 0 Å². The summed E-state index contributed by atoms with van der Waals surface area (Å²) in [5, 5.41) is 3.82. The quantitative estimate of drug-likeness (QED) is 0.892. The molecule has 1 fully saturated rings. The van der Waals surface area contributed by atoms with E-state index in [0.717, 1.165) is 50.5 Å². The van der Waals surface area contributed by atoms with Gasteiger partial charge >= 0.3 is 0 Å². The number of hydrogen-bond acceptors (Lipinski definition) is 3. The summed E-state index contributed by atoms with van der Waals surface area (Å²) in [5.74, 6) is 1.40. The van der Waals surface area contributed by atoms with Gasteiger partial charge in [0.1, 0.15) is 5.75 Å². The maximum Gasteiger partial charge on any atom is 0.142 e. The van der Waals surface area contributed by atoms with Crippen LogP contribution in [-0.4, -0.2) is 26.9 Å². The largest absolute Gasteiger partial charge is 0.491 e. The zero-order valence-corrected chi connectivity index (χ0v) is 11.5. The minimum atomic E-state index is 0.581. The first-order valence-corrected chi connectivity index (χ1v) is 6.81. The fraction of sp³-hybridized carbons (Fsp3) is 0.571. The van der Waals surface area contributed by atoms with Crippen molar-refractivity contribution in [2.45, 2.75) is 19.4 Å². The minimum absolute atomic E-state index is 0.581. The summed E-state index contributed by atoms with van der Waals surface area (Å²) in [5.41, 5.74) is 1.11. The van der Waals surface area contributed by atoms with Gasteiger partial charge in [-0.1, -0.05) is 23.7 Å². The van der Waals surface area contributed by atoms with Crippen molar-refractivity contribution >= 4 is 11.6 Å². The van der Waals surface area contributed by atoms with E-state index in [1.165, 1.54) is 0 Å². The normalized spacial score (nSPS) is 16.8. The lowest BCUT2D eigenvalue weighted by Gasteiger charge is -2.23. The Morgan fingerprint density at radius 2 is 2.17 bits per heavy atom. The molecule has 0 spiro atoms. The van der Waals surface area contributed by atoms with Gasteiger partial charge in [0, 0.05) is 25.3 Å². The smallest absolute Gasteiger partial charge is 0.142 e. The second kappa shape index (κ2) is 6.98. The minimum Gasteiger partial charge on any atom is -0.491 e. The van der Waals surface area contributed by atoms with Crippen molar-refractivity contribution in [3.63, 3.8) is 0 Å². The lowest BCUT2D eigenvalue weighted by Crippen LogP contribution is -2.22. The van der Waals surface area contributed by atoms with Crippen LogP contribution in [0.25, 0.3) is 0 Å². The van der Waals surface area contributed by atoms with Crippen LogP contribution in [0.4, 0.5) is 0 Å². The summed E-state index contributed by atoms with van der Waals surface area (Å²) in [6, 6.07) is 5.87. The van der Waals surface area contributed by atoms with Crippen LogP contribution in [0.15, 0.2) is 18.2 Å². The first-order chi connectivity index (χ1) is 8.81. The van der Waals surface area contributed by atoms with E-state index in [4.69, 9.17) is 21.1 Å². The molecule has 0 bridgehead atoms. The van der Waals surface area contributed by atoms with Gasteiger partial charge in [0.25, 0.3) is 0 Å². The van der Waals surface area contributed by atoms with Crippen LogP contribution in [0, 0.1) is 5.92 Å². The Labute approximate surface area is 113 Å². The van der Waals surface area contributed by atoms with Crippen LogP contribution in [0.3, 0.4) is 0 Å². The summed E-state index contributed by atoms with van der Waals surface area (Å²) in [7, 11) is 1.92. The van der Waals surface area contributed by atoms with Gasteiger partial charge in [0.05, 0.1) is 11.6 Å². The number of nitrogens with one attached hydrogen (secondary N) is 1. The molecular formula is C14H20ClNO2. The maximum atomic E-state index is 6.21. The van der Waals surface area contributed by atoms with E-state index in [-0.39, 0.29) is 0 Å². The van der Waals surface area contributed by atoms with Gasteiger partial charge in [-0.25, -0.2) is 0 Å². The molecule has 0 aliphatic carbocycles. The zero-order valence-electron chi connectivity index (χ0n) is 10.7. The first kappa shape index (κ1) is 13.7. The molecule has 1 N–H and O–H groups in total. The molecule has 4 heteroatoms. The Kier molecular flexibility index (Phi) is 5.29. The molecule has 0 saturated carbocycles. The summed E-state index contributed by atoms with van der Waals surface area (Å²) in [6.45, 7) is 3.19. The van der Waals surface area contributed by atoms with E-state index in [0.29, 0.717) is 10.9 Å². The zero-order chi connectivity index (χ0) is 12.8. The maximum absolute atomic E-state index is 6.21. The Bertz CT molecular complexity index is 378. The molecule has 0 amide bonds. The molecule has 0 atom stereocenters. The van der Waals surface area contributed by atoms with Crippen LogP contribution in [0.5, 0.6) is 5.75 Å². The SMILES string of the molecule is CNCc1cccc(Cl)c1OCC1CCOCC1. The molecule has 0 aromatic heterocycles. The van der Waals surface area contributed by atoms with Gasteiger partial charge in [0.15, 0.2) is 0 Å². The number of para-hydroxylation sites is 1. The van der Waals surface area contributed by atoms with Gasteiger partial charge in [-0.2, -0.15) is 0 Å². The molecule has 1 aliphatic rings. The standard InChI is InChI=1S/C14H20ClNO2/c1-16-9-12-3-2-4-13(15)14(12)18-10-11-5-7-17-8-6-11/h2-4,11,16H,5-10H2,1H3. The summed E-state index contributed by atoms with van der Waals surface area (Å²) < 4.78 is 11.3. The van der Waals surface area contributed by atoms with Gasteiger partial charge in [-0.05, 0) is 31.9 Å². The van der Waals surface area contributed by atoms with Crippen molar-refractivity contribution in [1.29, 1.82) is 0 Å². The molecule has 100 valence electrons. The highest BCUT2D eigenvalue weighted by atomic mass is 35.5. The molecule has 2 rings (SSSR count). The Morgan fingerprint density at radius 3 is 2.89 bits per heavy atom. The number of benzene rings is 1. The van der Waals surface area contributed by atoms with E-state index >= 15 is 0 Å². The van der Waals surface area contributed by atoms with E-state index in [9.17, 15) is 0 Å². The third-order valence-corrected chi connectivity index (χ3v) is 3.52. The summed E-state index contributed by atoms with van der Waals surface area (Å²) >= 11 is 6.21. The van der Waals surface area contributed by atoms with Gasteiger partial charge in [-0.3, -0.25) is 0 Å². The Balaban J connectivity index is 1.98. The van der Waals surface area contributed by atoms with E-state index in [2.05, 4.69) is 5.32 Å². The van der Waals surface area contributed by atoms with Crippen molar-refractivity contribution in [3.05, 3.63) is 28.8 Å². The Morgan fingerprint density at radius 1 is 1.39 bits per heavy atom. The lowest BCUT2D eigenvalue weighted by molar-refractivity contribution is 0.0496. The number of hydrogen-bond donors (Lipinski definition) is 1. The first-order valence-electron chi connectivity index (χ1n) is 6.44. The van der Waals surface area contributed by atoms with E-state index in [1.807, 2.05) is 25.2 Å². The Hall–Kier alpha value is -0.770. The van der Waals surface area contributed by atoms with Crippen LogP contribution < -0.4 is 10.1 Å². The molecule has 0 radical (unpaired) electrons. The molecule has 1 saturated heterocycles. The highest BCUT2D eigenvalue weighted by molar-refractivity contribution is 6.32. The third-order valence-electron chi connectivity index (χ3n) is 3.22. The molecule has 1 aliphatic heterocycles. The van der Waals surface area contributed by atoms with Crippen molar-refractivity contribution in [1.82, 2.24) is 5.32 Å². The number of halogens is 1. The topological polar surface area (TPSA) is 30.5 Å². The van der Waals surface area contributed by atoms with Crippen LogP contribution in [0.2, 0.25) is 5.02 Å². The number of ether oxygens (including phenoxy) is 2. The van der Waals surface area contributed by atoms with Crippen LogP contribution in [0.1, 0.15) is 18.4 Å². The van der Waals surface area contributed by atoms with Gasteiger partial charge < -0.3 is 14.8 Å². The highest BCUT2D eigenvalue weighted by Gasteiger charge is 2.16. The predicted octanol–water partition coefficient (Wildman–Crippen LogP) is 2.86. The molecular weight excluding hydrogens is 250 g/mol. The van der Waals surface area contributed by atoms with Gasteiger partial charge in [0.2, 0.25) is 0 Å².